The Labute approximate surface area is 178 Å². The lowest BCUT2D eigenvalue weighted by atomic mass is 9.90. The molecule has 1 aliphatic rings. The highest BCUT2D eigenvalue weighted by Gasteiger charge is 2.19. The van der Waals surface area contributed by atoms with Gasteiger partial charge in [-0.1, -0.05) is 24.3 Å². The van der Waals surface area contributed by atoms with Gasteiger partial charge in [-0.05, 0) is 90.8 Å². The molecule has 0 N–H and O–H groups in total. The molecule has 1 aliphatic heterocycles. The van der Waals surface area contributed by atoms with E-state index < -0.39 is 0 Å². The zero-order valence-corrected chi connectivity index (χ0v) is 18.1. The van der Waals surface area contributed by atoms with E-state index >= 15 is 0 Å². The second kappa shape index (κ2) is 10.2. The van der Waals surface area contributed by atoms with Crippen molar-refractivity contribution in [2.75, 3.05) is 40.0 Å². The maximum absolute atomic E-state index is 5.93. The van der Waals surface area contributed by atoms with Crippen LogP contribution in [0.5, 0.6) is 5.75 Å². The second-order valence-corrected chi connectivity index (χ2v) is 8.94. The van der Waals surface area contributed by atoms with Gasteiger partial charge in [-0.3, -0.25) is 0 Å². The first-order chi connectivity index (χ1) is 14.3. The van der Waals surface area contributed by atoms with Crippen molar-refractivity contribution in [3.8, 4) is 5.75 Å². The Morgan fingerprint density at radius 1 is 0.966 bits per heavy atom. The fourth-order valence-electron chi connectivity index (χ4n) is 4.17. The number of fused-ring (bicyclic) bond motifs is 1. The maximum atomic E-state index is 5.93. The number of piperidine rings is 1. The second-order valence-electron chi connectivity index (χ2n) is 7.99. The smallest absolute Gasteiger partial charge is 0.118 e. The third kappa shape index (κ3) is 5.81. The molecule has 0 aliphatic carbocycles. The van der Waals surface area contributed by atoms with E-state index in [4.69, 9.17) is 9.47 Å². The first-order valence-corrected chi connectivity index (χ1v) is 11.6. The van der Waals surface area contributed by atoms with Gasteiger partial charge in [0.25, 0.3) is 0 Å². The lowest BCUT2D eigenvalue weighted by Crippen LogP contribution is -2.36. The van der Waals surface area contributed by atoms with Crippen molar-refractivity contribution in [1.29, 1.82) is 0 Å². The summed E-state index contributed by atoms with van der Waals surface area (Å²) in [6, 6.07) is 17.5. The van der Waals surface area contributed by atoms with Crippen LogP contribution in [0.4, 0.5) is 0 Å². The van der Waals surface area contributed by atoms with E-state index in [9.17, 15) is 0 Å². The van der Waals surface area contributed by atoms with Crippen LogP contribution in [0.1, 0.15) is 24.0 Å². The van der Waals surface area contributed by atoms with E-state index in [0.29, 0.717) is 0 Å². The van der Waals surface area contributed by atoms with Crippen molar-refractivity contribution >= 4 is 21.4 Å². The molecule has 0 amide bonds. The Hall–Kier alpha value is -1.88. The standard InChI is InChI=1S/C25H31NO2S/c1-27-24-5-2-20(3-6-24)18-22-8-12-26(13-9-22)14-16-28-15-10-21-4-7-25-23(19-21)11-17-29-25/h2-7,11,17,19,22H,8-10,12-16,18H2,1H3. The molecule has 3 aromatic rings. The van der Waals surface area contributed by atoms with Gasteiger partial charge < -0.3 is 14.4 Å². The molecular weight excluding hydrogens is 378 g/mol. The molecule has 2 aromatic carbocycles. The fraction of sp³-hybridized carbons (Fsp3) is 0.440. The van der Waals surface area contributed by atoms with Crippen LogP contribution in [0, 0.1) is 5.92 Å². The Kier molecular flexibility index (Phi) is 7.20. The Morgan fingerprint density at radius 2 is 1.76 bits per heavy atom. The first kappa shape index (κ1) is 20.4. The monoisotopic (exact) mass is 409 g/mol. The predicted octanol–water partition coefficient (Wildman–Crippen LogP) is 5.42. The van der Waals surface area contributed by atoms with Crippen molar-refractivity contribution in [2.45, 2.75) is 25.7 Å². The van der Waals surface area contributed by atoms with E-state index in [2.05, 4.69) is 58.8 Å². The van der Waals surface area contributed by atoms with Crippen LogP contribution in [-0.4, -0.2) is 44.9 Å². The molecule has 154 valence electrons. The van der Waals surface area contributed by atoms with Crippen molar-refractivity contribution in [3.05, 3.63) is 65.0 Å². The zero-order valence-electron chi connectivity index (χ0n) is 17.3. The van der Waals surface area contributed by atoms with Crippen LogP contribution < -0.4 is 4.74 Å². The normalized spacial score (nSPS) is 15.8. The van der Waals surface area contributed by atoms with E-state index in [1.165, 1.54) is 53.6 Å². The van der Waals surface area contributed by atoms with Crippen molar-refractivity contribution in [1.82, 2.24) is 4.90 Å². The van der Waals surface area contributed by atoms with Crippen molar-refractivity contribution in [2.24, 2.45) is 5.92 Å². The number of rotatable bonds is 9. The van der Waals surface area contributed by atoms with Crippen molar-refractivity contribution in [3.63, 3.8) is 0 Å². The molecule has 1 saturated heterocycles. The molecule has 4 heteroatoms. The van der Waals surface area contributed by atoms with Gasteiger partial charge in [0, 0.05) is 11.2 Å². The Morgan fingerprint density at radius 3 is 2.55 bits per heavy atom. The summed E-state index contributed by atoms with van der Waals surface area (Å²) in [7, 11) is 1.72. The highest BCUT2D eigenvalue weighted by atomic mass is 32.1. The van der Waals surface area contributed by atoms with Gasteiger partial charge in [-0.25, -0.2) is 0 Å². The number of ether oxygens (including phenoxy) is 2. The summed E-state index contributed by atoms with van der Waals surface area (Å²) in [5.74, 6) is 1.74. The van der Waals surface area contributed by atoms with Gasteiger partial charge in [0.15, 0.2) is 0 Å². The van der Waals surface area contributed by atoms with E-state index in [1.807, 2.05) is 0 Å². The lowest BCUT2D eigenvalue weighted by molar-refractivity contribution is 0.0901. The third-order valence-electron chi connectivity index (χ3n) is 5.99. The first-order valence-electron chi connectivity index (χ1n) is 10.7. The number of benzene rings is 2. The van der Waals surface area contributed by atoms with E-state index in [0.717, 1.165) is 37.8 Å². The third-order valence-corrected chi connectivity index (χ3v) is 6.89. The minimum absolute atomic E-state index is 0.799. The predicted molar refractivity (Wildman–Crippen MR) is 122 cm³/mol. The molecule has 0 bridgehead atoms. The van der Waals surface area contributed by atoms with Gasteiger partial charge in [0.2, 0.25) is 0 Å². The van der Waals surface area contributed by atoms with Gasteiger partial charge in [-0.2, -0.15) is 0 Å². The fourth-order valence-corrected chi connectivity index (χ4v) is 4.94. The summed E-state index contributed by atoms with van der Waals surface area (Å²) >= 11 is 1.80. The quantitative estimate of drug-likeness (QED) is 0.440. The number of hydrogen-bond donors (Lipinski definition) is 0. The topological polar surface area (TPSA) is 21.7 Å². The van der Waals surface area contributed by atoms with Crippen LogP contribution in [0.15, 0.2) is 53.9 Å². The van der Waals surface area contributed by atoms with Gasteiger partial charge in [-0.15, -0.1) is 11.3 Å². The number of hydrogen-bond acceptors (Lipinski definition) is 4. The van der Waals surface area contributed by atoms with Crippen LogP contribution >= 0.6 is 11.3 Å². The molecular formula is C25H31NO2S. The van der Waals surface area contributed by atoms with Crippen LogP contribution in [0.3, 0.4) is 0 Å². The van der Waals surface area contributed by atoms with Gasteiger partial charge in [0.1, 0.15) is 5.75 Å². The van der Waals surface area contributed by atoms with Crippen LogP contribution in [-0.2, 0) is 17.6 Å². The number of nitrogens with zero attached hydrogens (tertiary/aromatic N) is 1. The highest BCUT2D eigenvalue weighted by Crippen LogP contribution is 2.23. The van der Waals surface area contributed by atoms with Crippen molar-refractivity contribution < 1.29 is 9.47 Å². The molecule has 0 radical (unpaired) electrons. The van der Waals surface area contributed by atoms with Gasteiger partial charge in [0.05, 0.1) is 20.3 Å². The molecule has 2 heterocycles. The molecule has 29 heavy (non-hydrogen) atoms. The van der Waals surface area contributed by atoms with Crippen LogP contribution in [0.25, 0.3) is 10.1 Å². The Balaban J connectivity index is 1.10. The molecule has 0 atom stereocenters. The summed E-state index contributed by atoms with van der Waals surface area (Å²) in [6.07, 6.45) is 4.75. The molecule has 0 unspecified atom stereocenters. The van der Waals surface area contributed by atoms with E-state index in [1.54, 1.807) is 18.4 Å². The molecule has 3 nitrogen and oxygen atoms in total. The highest BCUT2D eigenvalue weighted by molar-refractivity contribution is 7.17. The largest absolute Gasteiger partial charge is 0.497 e. The summed E-state index contributed by atoms with van der Waals surface area (Å²) < 4.78 is 12.5. The summed E-state index contributed by atoms with van der Waals surface area (Å²) in [5, 5.41) is 3.51. The summed E-state index contributed by atoms with van der Waals surface area (Å²) in [5.41, 5.74) is 2.79. The summed E-state index contributed by atoms with van der Waals surface area (Å²) in [6.45, 7) is 5.09. The molecule has 1 aromatic heterocycles. The Bertz CT molecular complexity index is 881. The SMILES string of the molecule is COc1ccc(CC2CCN(CCOCCc3ccc4sccc4c3)CC2)cc1. The maximum Gasteiger partial charge on any atom is 0.118 e. The minimum atomic E-state index is 0.799. The molecule has 1 fully saturated rings. The van der Waals surface area contributed by atoms with Crippen LogP contribution in [0.2, 0.25) is 0 Å². The lowest BCUT2D eigenvalue weighted by Gasteiger charge is -2.32. The molecule has 0 spiro atoms. The summed E-state index contributed by atoms with van der Waals surface area (Å²) in [4.78, 5) is 2.56. The average molecular weight is 410 g/mol. The zero-order chi connectivity index (χ0) is 19.9. The molecule has 0 saturated carbocycles. The number of likely N-dealkylation sites (tertiary alicyclic amines) is 1. The molecule has 4 rings (SSSR count). The average Bonchev–Trinajstić information content (AvgIpc) is 3.23. The number of thiophene rings is 1. The number of methoxy groups -OCH3 is 1. The van der Waals surface area contributed by atoms with Gasteiger partial charge >= 0.3 is 0 Å². The van der Waals surface area contributed by atoms with E-state index in [-0.39, 0.29) is 0 Å². The minimum Gasteiger partial charge on any atom is -0.497 e.